The molecule has 2 N–H and O–H groups in total. The quantitative estimate of drug-likeness (QED) is 0.548. The van der Waals surface area contributed by atoms with Crippen LogP contribution < -0.4 is 0 Å². The second-order valence-electron chi connectivity index (χ2n) is 4.55. The number of aromatic hydroxyl groups is 2. The molecule has 0 aliphatic rings. The summed E-state index contributed by atoms with van der Waals surface area (Å²) in [6.45, 7) is 1.67. The zero-order chi connectivity index (χ0) is 15.7. The van der Waals surface area contributed by atoms with E-state index in [1.54, 1.807) is 6.07 Å². The molecule has 0 saturated heterocycles. The van der Waals surface area contributed by atoms with Gasteiger partial charge in [0.25, 0.3) is 5.78 Å². The maximum absolute atomic E-state index is 11.9. The number of aromatic nitrogens is 4. The Morgan fingerprint density at radius 3 is 2.91 bits per heavy atom. The maximum Gasteiger partial charge on any atom is 0.338 e. The number of aryl methyl sites for hydroxylation is 1. The van der Waals surface area contributed by atoms with Crippen molar-refractivity contribution in [2.45, 2.75) is 13.5 Å². The van der Waals surface area contributed by atoms with E-state index in [2.05, 4.69) is 21.3 Å². The lowest BCUT2D eigenvalue weighted by Gasteiger charge is -2.03. The minimum atomic E-state index is -0.665. The fourth-order valence-corrected chi connectivity index (χ4v) is 1.77. The Kier molecular flexibility index (Phi) is 3.34. The predicted octanol–water partition coefficient (Wildman–Crippen LogP) is 1.00. The van der Waals surface area contributed by atoms with Crippen LogP contribution in [0.1, 0.15) is 21.9 Å². The van der Waals surface area contributed by atoms with Gasteiger partial charge in [-0.1, -0.05) is 0 Å². The van der Waals surface area contributed by atoms with E-state index < -0.39 is 11.7 Å². The molecule has 2 heterocycles. The molecule has 0 atom stereocenters. The average molecular weight is 299 g/mol. The molecule has 8 nitrogen and oxygen atoms in total. The van der Waals surface area contributed by atoms with Crippen molar-refractivity contribution in [3.8, 4) is 11.5 Å². The van der Waals surface area contributed by atoms with E-state index in [9.17, 15) is 15.0 Å². The topological polar surface area (TPSA) is 110 Å². The summed E-state index contributed by atoms with van der Waals surface area (Å²) in [5.74, 6) is -0.716. The van der Waals surface area contributed by atoms with Crippen LogP contribution in [0.4, 0.5) is 0 Å². The lowest BCUT2D eigenvalue weighted by molar-refractivity contribution is 0.0462. The fraction of sp³-hybridized carbons (Fsp3) is 0.143. The highest BCUT2D eigenvalue weighted by Gasteiger charge is 2.12. The van der Waals surface area contributed by atoms with E-state index in [0.717, 1.165) is 11.8 Å². The third kappa shape index (κ3) is 2.66. The summed E-state index contributed by atoms with van der Waals surface area (Å²) in [7, 11) is 0. The van der Waals surface area contributed by atoms with Gasteiger partial charge >= 0.3 is 5.97 Å². The van der Waals surface area contributed by atoms with Crippen molar-refractivity contribution < 1.29 is 19.7 Å². The molecule has 0 bridgehead atoms. The molecule has 111 valence electrons. The largest absolute Gasteiger partial charge is 0.504 e. The van der Waals surface area contributed by atoms with Crippen LogP contribution >= 0.6 is 0 Å². The van der Waals surface area contributed by atoms with Crippen molar-refractivity contribution in [1.29, 1.82) is 0 Å². The molecule has 8 heteroatoms. The summed E-state index contributed by atoms with van der Waals surface area (Å²) in [5.41, 5.74) is 0.864. The Hall–Kier alpha value is -3.16. The highest BCUT2D eigenvalue weighted by molar-refractivity contribution is 5.90. The zero-order valence-corrected chi connectivity index (χ0v) is 11.5. The number of rotatable bonds is 3. The van der Waals surface area contributed by atoms with Gasteiger partial charge in [-0.05, 0) is 31.2 Å². The Balaban J connectivity index is 1.72. The van der Waals surface area contributed by atoms with Crippen molar-refractivity contribution >= 4 is 11.7 Å². The Morgan fingerprint density at radius 1 is 1.32 bits per heavy atom. The molecule has 0 spiro atoms. The average Bonchev–Trinajstić information content (AvgIpc) is 2.89. The summed E-state index contributed by atoms with van der Waals surface area (Å²) < 4.78 is 6.42. The number of phenols is 2. The second-order valence-corrected chi connectivity index (χ2v) is 4.55. The van der Waals surface area contributed by atoms with Crippen molar-refractivity contribution in [3.63, 3.8) is 0 Å². The van der Waals surface area contributed by atoms with Crippen LogP contribution in [0, 0.1) is 13.1 Å². The van der Waals surface area contributed by atoms with E-state index in [1.807, 2.05) is 6.92 Å². The number of fused-ring (bicyclic) bond motifs is 1. The maximum atomic E-state index is 11.9. The standard InChI is InChI=1S/C14H11N4O4/c1-8-4-5-18-14(15-8)16-12(17-18)7-22-13(21)9-2-3-10(19)11(20)6-9/h2-4,6,19-20H,7H2,1H3. The van der Waals surface area contributed by atoms with E-state index in [0.29, 0.717) is 5.78 Å². The van der Waals surface area contributed by atoms with Crippen LogP contribution in [0.5, 0.6) is 11.5 Å². The Morgan fingerprint density at radius 2 is 2.14 bits per heavy atom. The first-order chi connectivity index (χ1) is 10.5. The SMILES string of the molecule is Cc1c[c]n2nc(COC(=O)c3ccc(O)c(O)c3)nc2n1. The smallest absolute Gasteiger partial charge is 0.338 e. The molecule has 0 fully saturated rings. The van der Waals surface area contributed by atoms with Crippen LogP contribution in [-0.4, -0.2) is 35.8 Å². The Labute approximate surface area is 124 Å². The molecule has 0 saturated carbocycles. The number of hydrogen-bond donors (Lipinski definition) is 2. The third-order valence-corrected chi connectivity index (χ3v) is 2.85. The third-order valence-electron chi connectivity index (χ3n) is 2.85. The summed E-state index contributed by atoms with van der Waals surface area (Å²) >= 11 is 0. The van der Waals surface area contributed by atoms with Gasteiger partial charge in [0.1, 0.15) is 0 Å². The molecular formula is C14H11N4O4. The monoisotopic (exact) mass is 299 g/mol. The predicted molar refractivity (Wildman–Crippen MR) is 73.2 cm³/mol. The zero-order valence-electron chi connectivity index (χ0n) is 11.5. The van der Waals surface area contributed by atoms with Crippen molar-refractivity contribution in [2.24, 2.45) is 0 Å². The summed E-state index contributed by atoms with van der Waals surface area (Å²) in [6.07, 6.45) is 2.85. The highest BCUT2D eigenvalue weighted by Crippen LogP contribution is 2.25. The molecule has 0 aliphatic heterocycles. The van der Waals surface area contributed by atoms with E-state index >= 15 is 0 Å². The number of carbonyl (C=O) groups is 1. The molecule has 1 radical (unpaired) electrons. The van der Waals surface area contributed by atoms with Crippen LogP contribution in [0.25, 0.3) is 5.78 Å². The number of nitrogens with zero attached hydrogens (tertiary/aromatic N) is 4. The highest BCUT2D eigenvalue weighted by atomic mass is 16.5. The van der Waals surface area contributed by atoms with Crippen molar-refractivity contribution in [1.82, 2.24) is 19.6 Å². The van der Waals surface area contributed by atoms with Gasteiger partial charge in [0.05, 0.1) is 11.8 Å². The van der Waals surface area contributed by atoms with Gasteiger partial charge in [0.15, 0.2) is 23.9 Å². The first-order valence-electron chi connectivity index (χ1n) is 6.33. The number of hydrogen-bond acceptors (Lipinski definition) is 7. The minimum absolute atomic E-state index is 0.111. The van der Waals surface area contributed by atoms with E-state index in [-0.39, 0.29) is 23.7 Å². The van der Waals surface area contributed by atoms with Gasteiger partial charge in [0, 0.05) is 5.69 Å². The molecule has 0 aliphatic carbocycles. The van der Waals surface area contributed by atoms with Crippen molar-refractivity contribution in [2.75, 3.05) is 0 Å². The van der Waals surface area contributed by atoms with Crippen LogP contribution in [0.15, 0.2) is 24.3 Å². The number of ether oxygens (including phenoxy) is 1. The molecule has 3 rings (SSSR count). The molecule has 22 heavy (non-hydrogen) atoms. The van der Waals surface area contributed by atoms with Crippen molar-refractivity contribution in [3.05, 3.63) is 47.5 Å². The molecule has 2 aromatic heterocycles. The first kappa shape index (κ1) is 13.8. The van der Waals surface area contributed by atoms with Crippen LogP contribution in [0.3, 0.4) is 0 Å². The first-order valence-corrected chi connectivity index (χ1v) is 6.33. The van der Waals surface area contributed by atoms with Gasteiger partial charge in [-0.3, -0.25) is 0 Å². The Bertz CT molecular complexity index is 859. The molecule has 3 aromatic rings. The molecular weight excluding hydrogens is 288 g/mol. The lowest BCUT2D eigenvalue weighted by Crippen LogP contribution is -2.06. The van der Waals surface area contributed by atoms with Gasteiger partial charge in [0.2, 0.25) is 0 Å². The summed E-state index contributed by atoms with van der Waals surface area (Å²) in [4.78, 5) is 20.1. The van der Waals surface area contributed by atoms with Gasteiger partial charge in [-0.25, -0.2) is 9.78 Å². The van der Waals surface area contributed by atoms with Gasteiger partial charge in [-0.2, -0.15) is 9.50 Å². The van der Waals surface area contributed by atoms with Crippen LogP contribution in [-0.2, 0) is 11.3 Å². The minimum Gasteiger partial charge on any atom is -0.504 e. The van der Waals surface area contributed by atoms with Gasteiger partial charge < -0.3 is 14.9 Å². The van der Waals surface area contributed by atoms with E-state index in [1.165, 1.54) is 16.6 Å². The number of carbonyl (C=O) groups excluding carboxylic acids is 1. The summed E-state index contributed by atoms with van der Waals surface area (Å²) in [6, 6.07) is 5.33. The fourth-order valence-electron chi connectivity index (χ4n) is 1.77. The second kappa shape index (κ2) is 5.32. The van der Waals surface area contributed by atoms with Crippen LogP contribution in [0.2, 0.25) is 0 Å². The molecule has 1 aromatic carbocycles. The van der Waals surface area contributed by atoms with Gasteiger partial charge in [-0.15, -0.1) is 5.10 Å². The molecule has 0 unspecified atom stereocenters. The number of phenolic OH excluding ortho intramolecular Hbond substituents is 2. The van der Waals surface area contributed by atoms with E-state index in [4.69, 9.17) is 4.74 Å². The summed E-state index contributed by atoms with van der Waals surface area (Å²) in [5, 5.41) is 22.6. The molecule has 0 amide bonds. The lowest BCUT2D eigenvalue weighted by atomic mass is 10.2. The number of benzene rings is 1. The number of esters is 1. The normalized spacial score (nSPS) is 10.8.